The van der Waals surface area contributed by atoms with E-state index in [0.29, 0.717) is 24.7 Å². The molecule has 1 aliphatic heterocycles. The van der Waals surface area contributed by atoms with Gasteiger partial charge in [-0.15, -0.1) is 0 Å². The molecule has 0 amide bonds. The number of ether oxygens (including phenoxy) is 2. The van der Waals surface area contributed by atoms with Crippen molar-refractivity contribution in [1.82, 2.24) is 14.8 Å². The SMILES string of the molecule is CC(C)C1OCC(C)(C(=O)C(Cc2ccc(Cl)cc2)n2cncn2)CO1. The average molecular weight is 378 g/mol. The van der Waals surface area contributed by atoms with Crippen LogP contribution in [0.3, 0.4) is 0 Å². The van der Waals surface area contributed by atoms with Crippen LogP contribution in [0, 0.1) is 11.3 Å². The zero-order valence-corrected chi connectivity index (χ0v) is 16.0. The molecule has 3 rings (SSSR count). The molecule has 1 unspecified atom stereocenters. The monoisotopic (exact) mass is 377 g/mol. The number of hydrogen-bond donors (Lipinski definition) is 0. The molecular formula is C19H24ClN3O3. The Morgan fingerprint density at radius 1 is 1.31 bits per heavy atom. The topological polar surface area (TPSA) is 66.2 Å². The van der Waals surface area contributed by atoms with Crippen molar-refractivity contribution in [2.45, 2.75) is 39.5 Å². The summed E-state index contributed by atoms with van der Waals surface area (Å²) in [5.41, 5.74) is 0.276. The van der Waals surface area contributed by atoms with Gasteiger partial charge >= 0.3 is 0 Å². The van der Waals surface area contributed by atoms with E-state index in [0.717, 1.165) is 5.56 Å². The summed E-state index contributed by atoms with van der Waals surface area (Å²) in [6.07, 6.45) is 3.25. The summed E-state index contributed by atoms with van der Waals surface area (Å²) in [6, 6.07) is 7.00. The minimum Gasteiger partial charge on any atom is -0.351 e. The van der Waals surface area contributed by atoms with Gasteiger partial charge in [0.25, 0.3) is 0 Å². The number of carbonyl (C=O) groups excluding carboxylic acids is 1. The Morgan fingerprint density at radius 3 is 2.50 bits per heavy atom. The van der Waals surface area contributed by atoms with E-state index in [2.05, 4.69) is 10.1 Å². The maximum Gasteiger partial charge on any atom is 0.168 e. The molecule has 1 fully saturated rings. The van der Waals surface area contributed by atoms with Gasteiger partial charge < -0.3 is 9.47 Å². The molecule has 0 aliphatic carbocycles. The molecule has 0 N–H and O–H groups in total. The van der Waals surface area contributed by atoms with Crippen LogP contribution in [0.4, 0.5) is 0 Å². The van der Waals surface area contributed by atoms with Crippen molar-refractivity contribution in [3.63, 3.8) is 0 Å². The van der Waals surface area contributed by atoms with Crippen LogP contribution in [0.2, 0.25) is 5.02 Å². The number of benzene rings is 1. The number of Topliss-reactive ketones (excluding diaryl/α,β-unsaturated/α-hetero) is 1. The molecule has 2 heterocycles. The number of halogens is 1. The minimum atomic E-state index is -0.728. The Kier molecular flexibility index (Phi) is 5.75. The Balaban J connectivity index is 1.80. The largest absolute Gasteiger partial charge is 0.351 e. The highest BCUT2D eigenvalue weighted by Gasteiger charge is 2.43. The predicted octanol–water partition coefficient (Wildman–Crippen LogP) is 3.32. The molecule has 0 saturated carbocycles. The van der Waals surface area contributed by atoms with Crippen molar-refractivity contribution in [3.05, 3.63) is 47.5 Å². The molecule has 0 radical (unpaired) electrons. The summed E-state index contributed by atoms with van der Waals surface area (Å²) in [5.74, 6) is 0.273. The van der Waals surface area contributed by atoms with Gasteiger partial charge in [0.2, 0.25) is 0 Å². The third-order valence-corrected chi connectivity index (χ3v) is 4.92. The second kappa shape index (κ2) is 7.86. The lowest BCUT2D eigenvalue weighted by Crippen LogP contribution is -2.49. The lowest BCUT2D eigenvalue weighted by molar-refractivity contribution is -0.239. The summed E-state index contributed by atoms with van der Waals surface area (Å²) in [6.45, 7) is 6.63. The smallest absolute Gasteiger partial charge is 0.168 e. The molecule has 2 aromatic rings. The van der Waals surface area contributed by atoms with Gasteiger partial charge in [-0.3, -0.25) is 4.79 Å². The van der Waals surface area contributed by atoms with E-state index < -0.39 is 11.5 Å². The van der Waals surface area contributed by atoms with E-state index in [4.69, 9.17) is 21.1 Å². The van der Waals surface area contributed by atoms with Gasteiger partial charge in [0.05, 0.1) is 18.6 Å². The Bertz CT molecular complexity index is 723. The van der Waals surface area contributed by atoms with Crippen LogP contribution in [-0.4, -0.2) is 40.1 Å². The molecule has 1 atom stereocenters. The lowest BCUT2D eigenvalue weighted by Gasteiger charge is -2.39. The van der Waals surface area contributed by atoms with Crippen molar-refractivity contribution in [3.8, 4) is 0 Å². The molecule has 1 aliphatic rings. The van der Waals surface area contributed by atoms with Crippen LogP contribution in [0.25, 0.3) is 0 Å². The standard InChI is InChI=1S/C19H24ClN3O3/c1-13(2)18-25-9-19(3,10-26-18)17(24)16(23-12-21-11-22-23)8-14-4-6-15(20)7-5-14/h4-7,11-13,16,18H,8-10H2,1-3H3. The van der Waals surface area contributed by atoms with Crippen molar-refractivity contribution < 1.29 is 14.3 Å². The fraction of sp³-hybridized carbons (Fsp3) is 0.526. The van der Waals surface area contributed by atoms with E-state index in [1.807, 2.05) is 45.0 Å². The van der Waals surface area contributed by atoms with Gasteiger partial charge in [-0.1, -0.05) is 37.6 Å². The number of ketones is 1. The van der Waals surface area contributed by atoms with Crippen molar-refractivity contribution >= 4 is 17.4 Å². The molecule has 1 aromatic carbocycles. The van der Waals surface area contributed by atoms with Gasteiger partial charge in [0.1, 0.15) is 18.7 Å². The second-order valence-electron chi connectivity index (χ2n) is 7.38. The Morgan fingerprint density at radius 2 is 1.96 bits per heavy atom. The van der Waals surface area contributed by atoms with E-state index in [-0.39, 0.29) is 18.0 Å². The fourth-order valence-corrected chi connectivity index (χ4v) is 3.21. The van der Waals surface area contributed by atoms with Crippen LogP contribution in [-0.2, 0) is 20.7 Å². The van der Waals surface area contributed by atoms with Gasteiger partial charge in [-0.25, -0.2) is 9.67 Å². The Labute approximate surface area is 158 Å². The summed E-state index contributed by atoms with van der Waals surface area (Å²) in [7, 11) is 0. The quantitative estimate of drug-likeness (QED) is 0.772. The molecular weight excluding hydrogens is 354 g/mol. The highest BCUT2D eigenvalue weighted by molar-refractivity contribution is 6.30. The first-order valence-corrected chi connectivity index (χ1v) is 9.13. The van der Waals surface area contributed by atoms with Crippen molar-refractivity contribution in [1.29, 1.82) is 0 Å². The van der Waals surface area contributed by atoms with Gasteiger partial charge in [-0.05, 0) is 24.6 Å². The number of carbonyl (C=O) groups is 1. The van der Waals surface area contributed by atoms with E-state index in [1.54, 1.807) is 11.0 Å². The average Bonchev–Trinajstić information content (AvgIpc) is 3.15. The first-order chi connectivity index (χ1) is 12.4. The maximum atomic E-state index is 13.4. The van der Waals surface area contributed by atoms with E-state index >= 15 is 0 Å². The molecule has 0 bridgehead atoms. The highest BCUT2D eigenvalue weighted by atomic mass is 35.5. The van der Waals surface area contributed by atoms with Crippen molar-refractivity contribution in [2.24, 2.45) is 11.3 Å². The normalized spacial score (nSPS) is 24.6. The van der Waals surface area contributed by atoms with Crippen LogP contribution in [0.5, 0.6) is 0 Å². The maximum absolute atomic E-state index is 13.4. The third-order valence-electron chi connectivity index (χ3n) is 4.67. The minimum absolute atomic E-state index is 0.0279. The molecule has 6 nitrogen and oxygen atoms in total. The van der Waals surface area contributed by atoms with Crippen LogP contribution in [0.15, 0.2) is 36.9 Å². The summed E-state index contributed by atoms with van der Waals surface area (Å²) >= 11 is 5.97. The van der Waals surface area contributed by atoms with Crippen LogP contribution < -0.4 is 0 Å². The third kappa shape index (κ3) is 4.14. The van der Waals surface area contributed by atoms with Gasteiger partial charge in [0, 0.05) is 17.4 Å². The summed E-state index contributed by atoms with van der Waals surface area (Å²) in [5, 5.41) is 4.86. The number of nitrogens with zero attached hydrogens (tertiary/aromatic N) is 3. The summed E-state index contributed by atoms with van der Waals surface area (Å²) in [4.78, 5) is 17.4. The first kappa shape index (κ1) is 19.0. The first-order valence-electron chi connectivity index (χ1n) is 8.75. The summed E-state index contributed by atoms with van der Waals surface area (Å²) < 4.78 is 13.2. The molecule has 1 saturated heterocycles. The molecule has 0 spiro atoms. The number of rotatable bonds is 6. The zero-order valence-electron chi connectivity index (χ0n) is 15.3. The van der Waals surface area contributed by atoms with Crippen molar-refractivity contribution in [2.75, 3.05) is 13.2 Å². The van der Waals surface area contributed by atoms with E-state index in [9.17, 15) is 4.79 Å². The molecule has 140 valence electrons. The van der Waals surface area contributed by atoms with Crippen LogP contribution >= 0.6 is 11.6 Å². The molecule has 26 heavy (non-hydrogen) atoms. The highest BCUT2D eigenvalue weighted by Crippen LogP contribution is 2.33. The number of aromatic nitrogens is 3. The molecule has 7 heteroatoms. The van der Waals surface area contributed by atoms with Gasteiger partial charge in [0.15, 0.2) is 12.1 Å². The lowest BCUT2D eigenvalue weighted by atomic mass is 9.81. The fourth-order valence-electron chi connectivity index (χ4n) is 3.08. The predicted molar refractivity (Wildman–Crippen MR) is 97.9 cm³/mol. The van der Waals surface area contributed by atoms with Gasteiger partial charge in [-0.2, -0.15) is 5.10 Å². The Hall–Kier alpha value is -1.76. The number of hydrogen-bond acceptors (Lipinski definition) is 5. The van der Waals surface area contributed by atoms with Crippen LogP contribution in [0.1, 0.15) is 32.4 Å². The van der Waals surface area contributed by atoms with E-state index in [1.165, 1.54) is 6.33 Å². The molecule has 1 aromatic heterocycles. The second-order valence-corrected chi connectivity index (χ2v) is 7.82. The zero-order chi connectivity index (χ0) is 18.7.